The lowest BCUT2D eigenvalue weighted by Gasteiger charge is -2.29. The summed E-state index contributed by atoms with van der Waals surface area (Å²) < 4.78 is 11.5. The van der Waals surface area contributed by atoms with Crippen molar-refractivity contribution in [2.45, 2.75) is 6.54 Å². The van der Waals surface area contributed by atoms with Gasteiger partial charge in [-0.3, -0.25) is 4.79 Å². The number of amides is 1. The average molecular weight is 348 g/mol. The van der Waals surface area contributed by atoms with Crippen LogP contribution in [0.15, 0.2) is 46.9 Å². The summed E-state index contributed by atoms with van der Waals surface area (Å²) in [5.41, 5.74) is 1.83. The first-order chi connectivity index (χ1) is 10.2. The monoisotopic (exact) mass is 347 g/mol. The molecule has 0 atom stereocenters. The van der Waals surface area contributed by atoms with Crippen LogP contribution in [-0.4, -0.2) is 19.6 Å². The van der Waals surface area contributed by atoms with Crippen LogP contribution in [0.2, 0.25) is 0 Å². The number of ether oxygens (including phenoxy) is 2. The van der Waals surface area contributed by atoms with Crippen LogP contribution in [0.4, 0.5) is 5.69 Å². The third-order valence-electron chi connectivity index (χ3n) is 3.36. The molecule has 1 amide bonds. The molecule has 3 rings (SSSR count). The summed E-state index contributed by atoms with van der Waals surface area (Å²) in [7, 11) is 1.63. The zero-order valence-electron chi connectivity index (χ0n) is 11.5. The number of methoxy groups -OCH3 is 1. The van der Waals surface area contributed by atoms with Gasteiger partial charge in [0.15, 0.2) is 6.61 Å². The minimum absolute atomic E-state index is 0.0450. The third-order valence-corrected chi connectivity index (χ3v) is 3.86. The summed E-state index contributed by atoms with van der Waals surface area (Å²) in [5.74, 6) is 1.48. The Morgan fingerprint density at radius 2 is 2.00 bits per heavy atom. The second-order valence-corrected chi connectivity index (χ2v) is 5.64. The molecule has 1 aliphatic rings. The molecule has 0 N–H and O–H groups in total. The van der Waals surface area contributed by atoms with E-state index in [1.54, 1.807) is 12.0 Å². The average Bonchev–Trinajstić information content (AvgIpc) is 2.51. The molecule has 2 aromatic carbocycles. The Labute approximate surface area is 131 Å². The second-order valence-electron chi connectivity index (χ2n) is 4.73. The normalized spacial score (nSPS) is 13.6. The Kier molecular flexibility index (Phi) is 3.84. The van der Waals surface area contributed by atoms with Gasteiger partial charge in [-0.1, -0.05) is 28.1 Å². The highest BCUT2D eigenvalue weighted by Crippen LogP contribution is 2.35. The number of benzene rings is 2. The van der Waals surface area contributed by atoms with Gasteiger partial charge >= 0.3 is 0 Å². The molecule has 4 nitrogen and oxygen atoms in total. The van der Waals surface area contributed by atoms with Gasteiger partial charge in [0.05, 0.1) is 19.3 Å². The highest BCUT2D eigenvalue weighted by atomic mass is 79.9. The largest absolute Gasteiger partial charge is 0.497 e. The van der Waals surface area contributed by atoms with E-state index in [9.17, 15) is 4.79 Å². The van der Waals surface area contributed by atoms with Crippen LogP contribution >= 0.6 is 15.9 Å². The van der Waals surface area contributed by atoms with Gasteiger partial charge < -0.3 is 14.4 Å². The van der Waals surface area contributed by atoms with Crippen molar-refractivity contribution in [3.8, 4) is 11.5 Å². The molecule has 5 heteroatoms. The van der Waals surface area contributed by atoms with E-state index in [0.29, 0.717) is 6.54 Å². The fraction of sp³-hybridized carbons (Fsp3) is 0.188. The number of carbonyl (C=O) groups excluding carboxylic acids is 1. The van der Waals surface area contributed by atoms with Crippen LogP contribution in [0.1, 0.15) is 5.56 Å². The first kappa shape index (κ1) is 13.9. The Morgan fingerprint density at radius 3 is 2.71 bits per heavy atom. The maximum Gasteiger partial charge on any atom is 0.265 e. The van der Waals surface area contributed by atoms with Crippen molar-refractivity contribution in [1.29, 1.82) is 0 Å². The number of carbonyl (C=O) groups is 1. The van der Waals surface area contributed by atoms with E-state index in [2.05, 4.69) is 15.9 Å². The number of halogens is 1. The maximum absolute atomic E-state index is 12.2. The minimum atomic E-state index is -0.0450. The van der Waals surface area contributed by atoms with E-state index in [1.165, 1.54) is 0 Å². The summed E-state index contributed by atoms with van der Waals surface area (Å²) in [6.45, 7) is 0.584. The molecule has 108 valence electrons. The van der Waals surface area contributed by atoms with Crippen molar-refractivity contribution in [3.63, 3.8) is 0 Å². The van der Waals surface area contributed by atoms with E-state index in [4.69, 9.17) is 9.47 Å². The molecule has 0 saturated carbocycles. The van der Waals surface area contributed by atoms with Crippen LogP contribution < -0.4 is 14.4 Å². The van der Waals surface area contributed by atoms with E-state index in [-0.39, 0.29) is 12.5 Å². The highest BCUT2D eigenvalue weighted by Gasteiger charge is 2.25. The van der Waals surface area contributed by atoms with Crippen LogP contribution in [-0.2, 0) is 11.3 Å². The smallest absolute Gasteiger partial charge is 0.265 e. The van der Waals surface area contributed by atoms with Crippen molar-refractivity contribution in [1.82, 2.24) is 0 Å². The summed E-state index contributed by atoms with van der Waals surface area (Å²) in [5, 5.41) is 0. The number of nitrogens with zero attached hydrogens (tertiary/aromatic N) is 1. The van der Waals surface area contributed by atoms with Crippen molar-refractivity contribution >= 4 is 27.5 Å². The Hall–Kier alpha value is -2.01. The quantitative estimate of drug-likeness (QED) is 0.854. The van der Waals surface area contributed by atoms with Crippen molar-refractivity contribution in [3.05, 3.63) is 52.5 Å². The lowest BCUT2D eigenvalue weighted by molar-refractivity contribution is -0.121. The summed E-state index contributed by atoms with van der Waals surface area (Å²) >= 11 is 3.43. The number of rotatable bonds is 3. The standard InChI is InChI=1S/C16H14BrNO3/c1-20-13-5-2-11(3-6-13)9-18-14-8-12(17)4-7-15(14)21-10-16(18)19/h2-8H,9-10H2,1H3. The van der Waals surface area contributed by atoms with Gasteiger partial charge in [-0.05, 0) is 35.9 Å². The lowest BCUT2D eigenvalue weighted by Crippen LogP contribution is -2.38. The molecule has 0 fully saturated rings. The van der Waals surface area contributed by atoms with Crippen LogP contribution in [0.3, 0.4) is 0 Å². The summed E-state index contributed by atoms with van der Waals surface area (Å²) in [4.78, 5) is 13.9. The molecular formula is C16H14BrNO3. The number of anilines is 1. The molecule has 0 bridgehead atoms. The second kappa shape index (κ2) is 5.77. The predicted molar refractivity (Wildman–Crippen MR) is 83.8 cm³/mol. The first-order valence-electron chi connectivity index (χ1n) is 6.53. The fourth-order valence-electron chi connectivity index (χ4n) is 2.26. The molecule has 0 aliphatic carbocycles. The van der Waals surface area contributed by atoms with Crippen LogP contribution in [0, 0.1) is 0 Å². The van der Waals surface area contributed by atoms with E-state index >= 15 is 0 Å². The van der Waals surface area contributed by atoms with Gasteiger partial charge in [0.2, 0.25) is 0 Å². The molecule has 0 radical (unpaired) electrons. The van der Waals surface area contributed by atoms with Crippen LogP contribution in [0.5, 0.6) is 11.5 Å². The minimum Gasteiger partial charge on any atom is -0.497 e. The fourth-order valence-corrected chi connectivity index (χ4v) is 2.61. The molecule has 0 saturated heterocycles. The van der Waals surface area contributed by atoms with Gasteiger partial charge in [-0.25, -0.2) is 0 Å². The number of hydrogen-bond acceptors (Lipinski definition) is 3. The zero-order chi connectivity index (χ0) is 14.8. The van der Waals surface area contributed by atoms with Gasteiger partial charge in [-0.2, -0.15) is 0 Å². The Morgan fingerprint density at radius 1 is 1.24 bits per heavy atom. The summed E-state index contributed by atoms with van der Waals surface area (Å²) in [6.07, 6.45) is 0. The Balaban J connectivity index is 1.90. The molecule has 1 aliphatic heterocycles. The number of hydrogen-bond donors (Lipinski definition) is 0. The van der Waals surface area contributed by atoms with Gasteiger partial charge in [0.1, 0.15) is 11.5 Å². The third kappa shape index (κ3) is 2.88. The maximum atomic E-state index is 12.2. The van der Waals surface area contributed by atoms with E-state index in [0.717, 1.165) is 27.2 Å². The summed E-state index contributed by atoms with van der Waals surface area (Å²) in [6, 6.07) is 13.4. The molecule has 0 spiro atoms. The van der Waals surface area contributed by atoms with Crippen molar-refractivity contribution in [2.24, 2.45) is 0 Å². The Bertz CT molecular complexity index is 670. The topological polar surface area (TPSA) is 38.8 Å². The molecular weight excluding hydrogens is 334 g/mol. The zero-order valence-corrected chi connectivity index (χ0v) is 13.1. The highest BCUT2D eigenvalue weighted by molar-refractivity contribution is 9.10. The van der Waals surface area contributed by atoms with Gasteiger partial charge in [-0.15, -0.1) is 0 Å². The van der Waals surface area contributed by atoms with Crippen molar-refractivity contribution < 1.29 is 14.3 Å². The van der Waals surface area contributed by atoms with E-state index < -0.39 is 0 Å². The molecule has 2 aromatic rings. The molecule has 0 aromatic heterocycles. The van der Waals surface area contributed by atoms with E-state index in [1.807, 2.05) is 42.5 Å². The van der Waals surface area contributed by atoms with Gasteiger partial charge in [0, 0.05) is 4.47 Å². The lowest BCUT2D eigenvalue weighted by atomic mass is 10.1. The predicted octanol–water partition coefficient (Wildman–Crippen LogP) is 3.38. The molecule has 21 heavy (non-hydrogen) atoms. The first-order valence-corrected chi connectivity index (χ1v) is 7.32. The van der Waals surface area contributed by atoms with Crippen LogP contribution in [0.25, 0.3) is 0 Å². The molecule has 0 unspecified atom stereocenters. The SMILES string of the molecule is COc1ccc(CN2C(=O)COc3ccc(Br)cc32)cc1. The van der Waals surface area contributed by atoms with Gasteiger partial charge in [0.25, 0.3) is 5.91 Å². The number of fused-ring (bicyclic) bond motifs is 1. The van der Waals surface area contributed by atoms with Crippen molar-refractivity contribution in [2.75, 3.05) is 18.6 Å². The molecule has 1 heterocycles.